The van der Waals surface area contributed by atoms with Crippen LogP contribution in [-0.4, -0.2) is 17.9 Å². The SMILES string of the molecule is CCC(C)C(=O)Nc1cccc(CNC(=O)C(C)Oc2ccc(C)cc2Br)c1. The largest absolute Gasteiger partial charge is 0.480 e. The predicted octanol–water partition coefficient (Wildman–Crippen LogP) is 4.83. The summed E-state index contributed by atoms with van der Waals surface area (Å²) in [6.45, 7) is 7.94. The summed E-state index contributed by atoms with van der Waals surface area (Å²) < 4.78 is 6.57. The van der Waals surface area contributed by atoms with E-state index in [9.17, 15) is 9.59 Å². The Kier molecular flexibility index (Phi) is 8.05. The zero-order chi connectivity index (χ0) is 20.7. The first-order chi connectivity index (χ1) is 13.3. The molecule has 0 aliphatic rings. The van der Waals surface area contributed by atoms with Gasteiger partial charge in [-0.2, -0.15) is 0 Å². The van der Waals surface area contributed by atoms with Crippen molar-refractivity contribution in [3.63, 3.8) is 0 Å². The van der Waals surface area contributed by atoms with Gasteiger partial charge in [0, 0.05) is 18.2 Å². The Balaban J connectivity index is 1.91. The van der Waals surface area contributed by atoms with E-state index in [4.69, 9.17) is 4.74 Å². The number of anilines is 1. The van der Waals surface area contributed by atoms with E-state index in [2.05, 4.69) is 26.6 Å². The van der Waals surface area contributed by atoms with Gasteiger partial charge in [0.2, 0.25) is 5.91 Å². The normalized spacial score (nSPS) is 12.8. The Morgan fingerprint density at radius 1 is 1.11 bits per heavy atom. The van der Waals surface area contributed by atoms with Crippen molar-refractivity contribution in [2.24, 2.45) is 5.92 Å². The Hall–Kier alpha value is -2.34. The van der Waals surface area contributed by atoms with Gasteiger partial charge in [-0.25, -0.2) is 0 Å². The maximum atomic E-state index is 12.4. The highest BCUT2D eigenvalue weighted by Crippen LogP contribution is 2.26. The van der Waals surface area contributed by atoms with Crippen LogP contribution in [-0.2, 0) is 16.1 Å². The van der Waals surface area contributed by atoms with Crippen molar-refractivity contribution in [3.8, 4) is 5.75 Å². The monoisotopic (exact) mass is 446 g/mol. The van der Waals surface area contributed by atoms with Crippen LogP contribution in [0.5, 0.6) is 5.75 Å². The van der Waals surface area contributed by atoms with Crippen molar-refractivity contribution in [2.75, 3.05) is 5.32 Å². The van der Waals surface area contributed by atoms with E-state index in [1.165, 1.54) is 0 Å². The molecule has 2 amide bonds. The maximum absolute atomic E-state index is 12.4. The fraction of sp³-hybridized carbons (Fsp3) is 0.364. The molecule has 0 heterocycles. The molecule has 0 aliphatic carbocycles. The molecule has 2 aromatic rings. The topological polar surface area (TPSA) is 67.4 Å². The molecular weight excluding hydrogens is 420 g/mol. The summed E-state index contributed by atoms with van der Waals surface area (Å²) in [5.41, 5.74) is 2.74. The van der Waals surface area contributed by atoms with Gasteiger partial charge in [-0.1, -0.05) is 32.0 Å². The third-order valence-corrected chi connectivity index (χ3v) is 5.10. The van der Waals surface area contributed by atoms with Gasteiger partial charge in [0.15, 0.2) is 6.10 Å². The van der Waals surface area contributed by atoms with Gasteiger partial charge < -0.3 is 15.4 Å². The molecule has 0 bridgehead atoms. The zero-order valence-corrected chi connectivity index (χ0v) is 18.3. The van der Waals surface area contributed by atoms with Crippen LogP contribution < -0.4 is 15.4 Å². The average molecular weight is 447 g/mol. The Morgan fingerprint density at radius 2 is 1.86 bits per heavy atom. The molecule has 2 atom stereocenters. The summed E-state index contributed by atoms with van der Waals surface area (Å²) in [6, 6.07) is 13.2. The van der Waals surface area contributed by atoms with Crippen molar-refractivity contribution in [2.45, 2.75) is 46.8 Å². The molecule has 0 fully saturated rings. The van der Waals surface area contributed by atoms with Gasteiger partial charge in [-0.15, -0.1) is 0 Å². The van der Waals surface area contributed by atoms with Crippen molar-refractivity contribution >= 4 is 33.4 Å². The van der Waals surface area contributed by atoms with Crippen LogP contribution in [0, 0.1) is 12.8 Å². The summed E-state index contributed by atoms with van der Waals surface area (Å²) >= 11 is 3.45. The van der Waals surface area contributed by atoms with Gasteiger partial charge >= 0.3 is 0 Å². The van der Waals surface area contributed by atoms with E-state index < -0.39 is 6.10 Å². The summed E-state index contributed by atoms with van der Waals surface area (Å²) in [5.74, 6) is 0.376. The minimum Gasteiger partial charge on any atom is -0.480 e. The van der Waals surface area contributed by atoms with Crippen LogP contribution in [0.2, 0.25) is 0 Å². The molecule has 0 aromatic heterocycles. The highest BCUT2D eigenvalue weighted by Gasteiger charge is 2.16. The first kappa shape index (κ1) is 22.0. The quantitative estimate of drug-likeness (QED) is 0.610. The minimum absolute atomic E-state index is 0.00520. The predicted molar refractivity (Wildman–Crippen MR) is 115 cm³/mol. The number of carbonyl (C=O) groups excluding carboxylic acids is 2. The number of hydrogen-bond acceptors (Lipinski definition) is 3. The van der Waals surface area contributed by atoms with Crippen molar-refractivity contribution < 1.29 is 14.3 Å². The number of ether oxygens (including phenoxy) is 1. The Bertz CT molecular complexity index is 838. The average Bonchev–Trinajstić information content (AvgIpc) is 2.67. The second-order valence-corrected chi connectivity index (χ2v) is 7.77. The standard InChI is InChI=1S/C22H27BrN2O3/c1-5-15(3)21(26)25-18-8-6-7-17(12-18)13-24-22(27)16(4)28-20-10-9-14(2)11-19(20)23/h6-12,15-16H,5,13H2,1-4H3,(H,24,27)(H,25,26). The number of hydrogen-bond donors (Lipinski definition) is 2. The minimum atomic E-state index is -0.632. The van der Waals surface area contributed by atoms with Crippen molar-refractivity contribution in [1.29, 1.82) is 0 Å². The molecule has 150 valence electrons. The zero-order valence-electron chi connectivity index (χ0n) is 16.7. The lowest BCUT2D eigenvalue weighted by molar-refractivity contribution is -0.127. The molecule has 0 spiro atoms. The smallest absolute Gasteiger partial charge is 0.261 e. The molecule has 0 aliphatic heterocycles. The molecule has 2 rings (SSSR count). The summed E-state index contributed by atoms with van der Waals surface area (Å²) in [4.78, 5) is 24.4. The lowest BCUT2D eigenvalue weighted by Gasteiger charge is -2.16. The molecule has 2 unspecified atom stereocenters. The first-order valence-electron chi connectivity index (χ1n) is 9.40. The number of rotatable bonds is 8. The van der Waals surface area contributed by atoms with Gasteiger partial charge in [0.05, 0.1) is 4.47 Å². The van der Waals surface area contributed by atoms with E-state index in [1.807, 2.05) is 63.2 Å². The first-order valence-corrected chi connectivity index (χ1v) is 10.2. The van der Waals surface area contributed by atoms with Crippen LogP contribution in [0.25, 0.3) is 0 Å². The second-order valence-electron chi connectivity index (χ2n) is 6.91. The number of carbonyl (C=O) groups is 2. The van der Waals surface area contributed by atoms with Gasteiger partial charge in [-0.05, 0) is 71.6 Å². The van der Waals surface area contributed by atoms with Gasteiger partial charge in [0.25, 0.3) is 5.91 Å². The summed E-state index contributed by atoms with van der Waals surface area (Å²) in [7, 11) is 0. The van der Waals surface area contributed by atoms with Crippen LogP contribution in [0.1, 0.15) is 38.3 Å². The molecule has 0 saturated carbocycles. The molecule has 5 nitrogen and oxygen atoms in total. The fourth-order valence-electron chi connectivity index (χ4n) is 2.49. The lowest BCUT2D eigenvalue weighted by Crippen LogP contribution is -2.36. The van der Waals surface area contributed by atoms with Crippen LogP contribution in [0.4, 0.5) is 5.69 Å². The number of amides is 2. The number of benzene rings is 2. The third-order valence-electron chi connectivity index (χ3n) is 4.48. The Labute approximate surface area is 175 Å². The molecule has 28 heavy (non-hydrogen) atoms. The van der Waals surface area contributed by atoms with Crippen LogP contribution in [0.3, 0.4) is 0 Å². The molecule has 0 saturated heterocycles. The molecule has 0 radical (unpaired) electrons. The lowest BCUT2D eigenvalue weighted by atomic mass is 10.1. The maximum Gasteiger partial charge on any atom is 0.261 e. The number of nitrogens with one attached hydrogen (secondary N) is 2. The number of halogens is 1. The summed E-state index contributed by atoms with van der Waals surface area (Å²) in [6.07, 6.45) is 0.156. The molecule has 2 N–H and O–H groups in total. The third kappa shape index (κ3) is 6.37. The van der Waals surface area contributed by atoms with E-state index in [0.29, 0.717) is 12.3 Å². The molecular formula is C22H27BrN2O3. The van der Waals surface area contributed by atoms with Crippen molar-refractivity contribution in [3.05, 3.63) is 58.1 Å². The van der Waals surface area contributed by atoms with Crippen molar-refractivity contribution in [1.82, 2.24) is 5.32 Å². The Morgan fingerprint density at radius 3 is 2.54 bits per heavy atom. The van der Waals surface area contributed by atoms with Crippen LogP contribution >= 0.6 is 15.9 Å². The molecule has 6 heteroatoms. The van der Waals surface area contributed by atoms with E-state index in [1.54, 1.807) is 6.92 Å². The van der Waals surface area contributed by atoms with Crippen LogP contribution in [0.15, 0.2) is 46.9 Å². The highest BCUT2D eigenvalue weighted by molar-refractivity contribution is 9.10. The van der Waals surface area contributed by atoms with Gasteiger partial charge in [-0.3, -0.25) is 9.59 Å². The van der Waals surface area contributed by atoms with E-state index >= 15 is 0 Å². The van der Waals surface area contributed by atoms with Gasteiger partial charge in [0.1, 0.15) is 5.75 Å². The summed E-state index contributed by atoms with van der Waals surface area (Å²) in [5, 5.41) is 5.78. The molecule has 2 aromatic carbocycles. The number of aryl methyl sites for hydroxylation is 1. The fourth-order valence-corrected chi connectivity index (χ4v) is 3.07. The van der Waals surface area contributed by atoms with E-state index in [-0.39, 0.29) is 17.7 Å². The highest BCUT2D eigenvalue weighted by atomic mass is 79.9. The van der Waals surface area contributed by atoms with E-state index in [0.717, 1.165) is 27.7 Å². The second kappa shape index (κ2) is 10.3.